The minimum Gasteiger partial charge on any atom is -0.507 e. The number of aliphatic imine (C=N–C) groups is 1. The maximum atomic E-state index is 14.8. The third-order valence-electron chi connectivity index (χ3n) is 15.3. The van der Waals surface area contributed by atoms with Crippen LogP contribution in [0.15, 0.2) is 76.9 Å². The quantitative estimate of drug-likeness (QED) is 0.184. The zero-order chi connectivity index (χ0) is 52.5. The molecule has 1 spiro atoms. The smallest absolute Gasteiger partial charge is 0.315 e. The van der Waals surface area contributed by atoms with E-state index in [0.717, 1.165) is 12.4 Å². The van der Waals surface area contributed by atoms with Crippen molar-refractivity contribution in [1.29, 1.82) is 0 Å². The number of ketones is 2. The highest BCUT2D eigenvalue weighted by Crippen LogP contribution is 2.50. The normalized spacial score (nSPS) is 29.5. The standard InChI is InChI=1S/C55H71N7O11/c1-31(2)30-60-24-19-55(20-25-60)58-44-41-42-49(67)36(7)51-43(41)52(69)54(8,73-51)71-28-12-10-17-37(72-40(64)29-39(63)62-23-14-22-61(26-27-62)38-18-9-11-21-56-38)34(5)48(66)35(6)47(65)32(3)15-13-16-33(4)53(70)57-46(50(42)68)45(44)59-55/h9,11-13,15-16,18,21,28,31-32,34-35,37,47-48,59,65-67H,10,14,17,19-20,22-27,29-30H2,1-8H3,(H,57,70)/b15-13+,28-12+,33-16-/t32?,34-,35+,37+,47-,48?,54-/m0/s1. The molecule has 5 bridgehead atoms. The summed E-state index contributed by atoms with van der Waals surface area (Å²) in [6, 6.07) is 5.68. The molecular weight excluding hydrogens is 935 g/mol. The molecule has 7 aliphatic rings. The van der Waals surface area contributed by atoms with Crippen molar-refractivity contribution in [3.63, 3.8) is 0 Å². The molecule has 1 aromatic heterocycles. The van der Waals surface area contributed by atoms with Crippen LogP contribution in [0.4, 0.5) is 5.82 Å². The molecule has 9 rings (SSSR count). The molecule has 2 aromatic rings. The van der Waals surface area contributed by atoms with Crippen molar-refractivity contribution in [2.45, 2.75) is 124 Å². The van der Waals surface area contributed by atoms with Crippen molar-refractivity contribution < 1.29 is 53.5 Å². The zero-order valence-electron chi connectivity index (χ0n) is 43.3. The van der Waals surface area contributed by atoms with E-state index >= 15 is 0 Å². The van der Waals surface area contributed by atoms with Gasteiger partial charge in [0.05, 0.1) is 41.0 Å². The van der Waals surface area contributed by atoms with Gasteiger partial charge in [-0.2, -0.15) is 0 Å². The van der Waals surface area contributed by atoms with Gasteiger partial charge in [-0.25, -0.2) is 4.98 Å². The number of aromatic nitrogens is 1. The van der Waals surface area contributed by atoms with Gasteiger partial charge in [0, 0.05) is 106 Å². The molecule has 0 saturated carbocycles. The average Bonchev–Trinajstić information content (AvgIpc) is 3.72. The largest absolute Gasteiger partial charge is 0.507 e. The van der Waals surface area contributed by atoms with Crippen molar-refractivity contribution in [2.75, 3.05) is 50.7 Å². The topological polar surface area (TPSA) is 233 Å². The van der Waals surface area contributed by atoms with Gasteiger partial charge in [-0.05, 0) is 57.2 Å². The van der Waals surface area contributed by atoms with Gasteiger partial charge >= 0.3 is 11.8 Å². The van der Waals surface area contributed by atoms with E-state index in [9.17, 15) is 39.3 Å². The van der Waals surface area contributed by atoms with Crippen molar-refractivity contribution in [2.24, 2.45) is 28.7 Å². The first-order chi connectivity index (χ1) is 34.7. The number of nitrogens with one attached hydrogen (secondary N) is 2. The molecule has 18 heteroatoms. The summed E-state index contributed by atoms with van der Waals surface area (Å²) in [4.78, 5) is 86.6. The second-order valence-corrected chi connectivity index (χ2v) is 21.1. The van der Waals surface area contributed by atoms with E-state index in [1.54, 1.807) is 63.1 Å². The summed E-state index contributed by atoms with van der Waals surface area (Å²) in [5.74, 6) is -6.11. The Hall–Kier alpha value is -6.37. The summed E-state index contributed by atoms with van der Waals surface area (Å²) in [5, 5.41) is 41.5. The van der Waals surface area contributed by atoms with Crippen LogP contribution < -0.4 is 20.3 Å². The number of amides is 2. The number of carbonyl (C=O) groups excluding carboxylic acids is 5. The third-order valence-corrected chi connectivity index (χ3v) is 15.3. The number of phenolic OH excluding ortho intramolecular Hbond substituents is 1. The average molecular weight is 1010 g/mol. The number of anilines is 1. The summed E-state index contributed by atoms with van der Waals surface area (Å²) < 4.78 is 18.4. The minimum absolute atomic E-state index is 0.0170. The number of nitrogens with zero attached hydrogens (tertiary/aromatic N) is 5. The van der Waals surface area contributed by atoms with Crippen LogP contribution in [0, 0.1) is 30.6 Å². The number of aromatic hydroxyl groups is 1. The molecule has 2 amide bonds. The predicted molar refractivity (Wildman–Crippen MR) is 273 cm³/mol. The number of piperidine rings is 1. The molecule has 18 nitrogen and oxygen atoms in total. The second-order valence-electron chi connectivity index (χ2n) is 21.1. The van der Waals surface area contributed by atoms with E-state index in [4.69, 9.17) is 19.2 Å². The summed E-state index contributed by atoms with van der Waals surface area (Å²) in [7, 11) is 0. The van der Waals surface area contributed by atoms with E-state index in [1.165, 1.54) is 20.1 Å². The van der Waals surface area contributed by atoms with Crippen LogP contribution >= 0.6 is 0 Å². The number of allylic oxidation sites excluding steroid dienone is 5. The highest BCUT2D eigenvalue weighted by molar-refractivity contribution is 6.34. The lowest BCUT2D eigenvalue weighted by molar-refractivity contribution is -0.159. The number of rotatable bonds is 6. The number of likely N-dealkylation sites (tertiary alicyclic amines) is 1. The zero-order valence-corrected chi connectivity index (χ0v) is 43.3. The van der Waals surface area contributed by atoms with Crippen LogP contribution in [0.3, 0.4) is 0 Å². The molecule has 1 aromatic carbocycles. The van der Waals surface area contributed by atoms with E-state index in [-0.39, 0.29) is 69.4 Å². The number of aliphatic hydroxyl groups is 2. The summed E-state index contributed by atoms with van der Waals surface area (Å²) in [6.45, 7) is 18.5. The Morgan fingerprint density at radius 2 is 1.70 bits per heavy atom. The molecule has 7 atom stereocenters. The number of fused-ring (bicyclic) bond motifs is 13. The molecular formula is C55H71N7O11. The van der Waals surface area contributed by atoms with E-state index in [1.807, 2.05) is 18.2 Å². The molecule has 0 radical (unpaired) electrons. The molecule has 1 aliphatic carbocycles. The van der Waals surface area contributed by atoms with Gasteiger partial charge in [-0.15, -0.1) is 0 Å². The fourth-order valence-corrected chi connectivity index (χ4v) is 10.8. The Morgan fingerprint density at radius 3 is 2.41 bits per heavy atom. The Balaban J connectivity index is 1.08. The summed E-state index contributed by atoms with van der Waals surface area (Å²) in [6.07, 6.45) is 8.08. The number of benzene rings is 1. The number of carbonyl (C=O) groups is 5. The molecule has 2 fully saturated rings. The number of ether oxygens (including phenoxy) is 3. The molecule has 392 valence electrons. The Bertz CT molecular complexity index is 2650. The fraction of sp³-hybridized carbons (Fsp3) is 0.545. The van der Waals surface area contributed by atoms with Crippen LogP contribution in [0.25, 0.3) is 0 Å². The van der Waals surface area contributed by atoms with Crippen LogP contribution in [-0.2, 0) is 23.9 Å². The van der Waals surface area contributed by atoms with E-state index in [2.05, 4.69) is 39.3 Å². The van der Waals surface area contributed by atoms with Gasteiger partial charge in [0.1, 0.15) is 41.2 Å². The second kappa shape index (κ2) is 21.6. The van der Waals surface area contributed by atoms with Crippen molar-refractivity contribution >= 4 is 40.9 Å². The maximum absolute atomic E-state index is 14.8. The van der Waals surface area contributed by atoms with E-state index < -0.39 is 83.1 Å². The molecule has 2 unspecified atom stereocenters. The van der Waals surface area contributed by atoms with Gasteiger partial charge in [-0.3, -0.25) is 29.0 Å². The van der Waals surface area contributed by atoms with E-state index in [0.29, 0.717) is 64.4 Å². The molecule has 5 N–H and O–H groups in total. The predicted octanol–water partition coefficient (Wildman–Crippen LogP) is 5.25. The summed E-state index contributed by atoms with van der Waals surface area (Å²) in [5.41, 5.74) is -0.237. The Morgan fingerprint density at radius 1 is 0.945 bits per heavy atom. The van der Waals surface area contributed by atoms with Crippen LogP contribution in [0.1, 0.15) is 119 Å². The Labute approximate surface area is 427 Å². The van der Waals surface area contributed by atoms with Gasteiger partial charge in [0.25, 0.3) is 11.7 Å². The number of hydrogen-bond donors (Lipinski definition) is 5. The first kappa shape index (κ1) is 52.9. The lowest BCUT2D eigenvalue weighted by atomic mass is 9.81. The first-order valence-electron chi connectivity index (χ1n) is 25.7. The number of Topliss-reactive ketones (excluding diaryl/α,β-unsaturated/α-hetero) is 2. The number of hydrogen-bond acceptors (Lipinski definition) is 16. The molecule has 2 saturated heterocycles. The molecule has 7 heterocycles. The minimum atomic E-state index is -1.96. The van der Waals surface area contributed by atoms with Crippen molar-refractivity contribution in [3.05, 3.63) is 94.2 Å². The fourth-order valence-electron chi connectivity index (χ4n) is 10.8. The first-order valence-corrected chi connectivity index (χ1v) is 25.7. The lowest BCUT2D eigenvalue weighted by Gasteiger charge is -2.38. The highest BCUT2D eigenvalue weighted by atomic mass is 16.7. The van der Waals surface area contributed by atoms with Gasteiger partial charge < -0.3 is 54.9 Å². The lowest BCUT2D eigenvalue weighted by Crippen LogP contribution is -2.50. The number of aliphatic hydroxyl groups excluding tert-OH is 2. The van der Waals surface area contributed by atoms with Gasteiger partial charge in [0.15, 0.2) is 0 Å². The van der Waals surface area contributed by atoms with Crippen molar-refractivity contribution in [1.82, 2.24) is 25.4 Å². The molecule has 73 heavy (non-hydrogen) atoms. The number of phenols is 1. The number of esters is 1. The van der Waals surface area contributed by atoms with Crippen LogP contribution in [-0.4, -0.2) is 141 Å². The maximum Gasteiger partial charge on any atom is 0.315 e. The summed E-state index contributed by atoms with van der Waals surface area (Å²) >= 11 is 0. The monoisotopic (exact) mass is 1010 g/mol. The Kier molecular flexibility index (Phi) is 15.7. The van der Waals surface area contributed by atoms with Crippen molar-refractivity contribution in [3.8, 4) is 11.5 Å². The SMILES string of the molecule is C/C1=C/C=C/C(C)[C@H](O)[C@@H](C)C(O)[C@@H](C)[C@H](OC(=O)CC(=O)N2CCCN(c3ccccn3)CC2)CC/C=C/O[C@@]2(C)Oc3c(C)c(O)c4c(c3C2=O)C2=NC3(CCN(CC(C)C)CC3)NC2=C(NC1=O)C4=O. The van der Waals surface area contributed by atoms with Crippen LogP contribution in [0.2, 0.25) is 0 Å². The van der Waals surface area contributed by atoms with Gasteiger partial charge in [0.2, 0.25) is 11.7 Å². The third kappa shape index (κ3) is 10.8. The molecule has 6 aliphatic heterocycles. The highest BCUT2D eigenvalue weighted by Gasteiger charge is 2.54. The van der Waals surface area contributed by atoms with Crippen LogP contribution in [0.5, 0.6) is 11.5 Å². The van der Waals surface area contributed by atoms with Gasteiger partial charge in [-0.1, -0.05) is 58.9 Å². The number of pyridine rings is 1.